The van der Waals surface area contributed by atoms with Gasteiger partial charge in [-0.25, -0.2) is 4.79 Å². The van der Waals surface area contributed by atoms with E-state index in [-0.39, 0.29) is 5.75 Å². The second kappa shape index (κ2) is 4.53. The molecule has 0 unspecified atom stereocenters. The van der Waals surface area contributed by atoms with E-state index in [1.54, 1.807) is 33.8 Å². The molecule has 0 spiro atoms. The molecule has 0 fully saturated rings. The predicted octanol–water partition coefficient (Wildman–Crippen LogP) is 2.59. The highest BCUT2D eigenvalue weighted by Gasteiger charge is 2.16. The molecule has 1 rings (SSSR count). The number of phenols is 1. The van der Waals surface area contributed by atoms with Gasteiger partial charge in [0.25, 0.3) is 0 Å². The Kier molecular flexibility index (Phi) is 3.55. The van der Waals surface area contributed by atoms with Gasteiger partial charge in [0, 0.05) is 0 Å². The van der Waals surface area contributed by atoms with Crippen LogP contribution in [-0.2, 0) is 9.78 Å². The third-order valence-corrected chi connectivity index (χ3v) is 1.80. The van der Waals surface area contributed by atoms with E-state index in [1.165, 1.54) is 12.1 Å². The Morgan fingerprint density at radius 1 is 1.31 bits per heavy atom. The molecule has 0 heterocycles. The summed E-state index contributed by atoms with van der Waals surface area (Å²) >= 11 is 0. The summed E-state index contributed by atoms with van der Waals surface area (Å²) in [6.45, 7) is 7.05. The lowest BCUT2D eigenvalue weighted by molar-refractivity contribution is -0.301. The van der Waals surface area contributed by atoms with Crippen molar-refractivity contribution in [3.05, 3.63) is 29.3 Å². The number of hydrogen-bond acceptors (Lipinski definition) is 4. The molecule has 0 aliphatic carbocycles. The Bertz CT molecular complexity index is 390. The predicted molar refractivity (Wildman–Crippen MR) is 59.1 cm³/mol. The van der Waals surface area contributed by atoms with Crippen LogP contribution in [0.4, 0.5) is 0 Å². The van der Waals surface area contributed by atoms with E-state index in [2.05, 4.69) is 4.89 Å². The molecule has 0 aromatic heterocycles. The molecule has 0 aliphatic rings. The zero-order chi connectivity index (χ0) is 12.3. The van der Waals surface area contributed by atoms with Crippen LogP contribution >= 0.6 is 0 Å². The largest absolute Gasteiger partial charge is 0.508 e. The van der Waals surface area contributed by atoms with Gasteiger partial charge in [0.1, 0.15) is 11.4 Å². The quantitative estimate of drug-likeness (QED) is 0.619. The van der Waals surface area contributed by atoms with Crippen LogP contribution in [0.3, 0.4) is 0 Å². The minimum absolute atomic E-state index is 0.147. The number of phenolic OH excluding ortho intramolecular Hbond substituents is 1. The van der Waals surface area contributed by atoms with Gasteiger partial charge in [-0.05, 0) is 51.5 Å². The molecule has 4 nitrogen and oxygen atoms in total. The SMILES string of the molecule is Cc1cc(C(=O)OOC(C)(C)C)ccc1O. The van der Waals surface area contributed by atoms with Gasteiger partial charge in [-0.1, -0.05) is 0 Å². The molecule has 0 atom stereocenters. The molecule has 88 valence electrons. The van der Waals surface area contributed by atoms with Gasteiger partial charge in [-0.3, -0.25) is 4.89 Å². The van der Waals surface area contributed by atoms with Crippen LogP contribution in [0.1, 0.15) is 36.7 Å². The Balaban J connectivity index is 2.70. The lowest BCUT2D eigenvalue weighted by Gasteiger charge is -2.16. The van der Waals surface area contributed by atoms with Crippen molar-refractivity contribution in [2.45, 2.75) is 33.3 Å². The van der Waals surface area contributed by atoms with Crippen molar-refractivity contribution in [3.63, 3.8) is 0 Å². The topological polar surface area (TPSA) is 55.8 Å². The van der Waals surface area contributed by atoms with Crippen LogP contribution < -0.4 is 0 Å². The Labute approximate surface area is 94.7 Å². The maximum atomic E-state index is 11.5. The average molecular weight is 224 g/mol. The van der Waals surface area contributed by atoms with Crippen LogP contribution in [0.5, 0.6) is 5.75 Å². The van der Waals surface area contributed by atoms with Crippen molar-refractivity contribution in [3.8, 4) is 5.75 Å². The van der Waals surface area contributed by atoms with Crippen molar-refractivity contribution >= 4 is 5.97 Å². The van der Waals surface area contributed by atoms with Crippen molar-refractivity contribution in [1.29, 1.82) is 0 Å². The van der Waals surface area contributed by atoms with E-state index in [0.29, 0.717) is 11.1 Å². The lowest BCUT2D eigenvalue weighted by atomic mass is 10.1. The fraction of sp³-hybridized carbons (Fsp3) is 0.417. The van der Waals surface area contributed by atoms with Crippen molar-refractivity contribution in [2.24, 2.45) is 0 Å². The molecule has 0 radical (unpaired) electrons. The van der Waals surface area contributed by atoms with Crippen LogP contribution in [0.2, 0.25) is 0 Å². The Hall–Kier alpha value is -1.55. The summed E-state index contributed by atoms with van der Waals surface area (Å²) < 4.78 is 0. The monoisotopic (exact) mass is 224 g/mol. The second-order valence-corrected chi connectivity index (χ2v) is 4.57. The molecule has 1 N–H and O–H groups in total. The third kappa shape index (κ3) is 3.55. The first-order chi connectivity index (χ1) is 7.29. The average Bonchev–Trinajstić information content (AvgIpc) is 2.17. The molecule has 1 aromatic carbocycles. The van der Waals surface area contributed by atoms with Gasteiger partial charge in [0.05, 0.1) is 5.56 Å². The van der Waals surface area contributed by atoms with Gasteiger partial charge in [0.2, 0.25) is 0 Å². The van der Waals surface area contributed by atoms with E-state index >= 15 is 0 Å². The lowest BCUT2D eigenvalue weighted by Crippen LogP contribution is -2.21. The summed E-state index contributed by atoms with van der Waals surface area (Å²) in [5.74, 6) is -0.425. The highest BCUT2D eigenvalue weighted by molar-refractivity contribution is 5.89. The van der Waals surface area contributed by atoms with E-state index in [4.69, 9.17) is 4.89 Å². The molecular formula is C12H16O4. The summed E-state index contributed by atoms with van der Waals surface area (Å²) in [7, 11) is 0. The number of hydrogen-bond donors (Lipinski definition) is 1. The smallest absolute Gasteiger partial charge is 0.373 e. The minimum Gasteiger partial charge on any atom is -0.508 e. The third-order valence-electron chi connectivity index (χ3n) is 1.80. The Morgan fingerprint density at radius 2 is 1.94 bits per heavy atom. The summed E-state index contributed by atoms with van der Waals surface area (Å²) in [5.41, 5.74) is 0.423. The molecule has 16 heavy (non-hydrogen) atoms. The molecule has 0 saturated heterocycles. The summed E-state index contributed by atoms with van der Waals surface area (Å²) in [6.07, 6.45) is 0. The van der Waals surface area contributed by atoms with Crippen molar-refractivity contribution in [2.75, 3.05) is 0 Å². The van der Waals surface area contributed by atoms with Gasteiger partial charge in [-0.15, -0.1) is 0 Å². The standard InChI is InChI=1S/C12H16O4/c1-8-7-9(5-6-10(8)13)11(14)15-16-12(2,3)4/h5-7,13H,1-4H3. The number of aromatic hydroxyl groups is 1. The zero-order valence-corrected chi connectivity index (χ0v) is 9.90. The van der Waals surface area contributed by atoms with Crippen LogP contribution in [0.15, 0.2) is 18.2 Å². The Morgan fingerprint density at radius 3 is 2.44 bits per heavy atom. The molecule has 0 bridgehead atoms. The maximum Gasteiger partial charge on any atom is 0.373 e. The van der Waals surface area contributed by atoms with Gasteiger partial charge in [-0.2, -0.15) is 4.89 Å². The number of carbonyl (C=O) groups excluding carboxylic acids is 1. The van der Waals surface area contributed by atoms with Gasteiger partial charge >= 0.3 is 5.97 Å². The van der Waals surface area contributed by atoms with E-state index in [9.17, 15) is 9.90 Å². The molecular weight excluding hydrogens is 208 g/mol. The summed E-state index contributed by atoms with van der Waals surface area (Å²) in [6, 6.07) is 4.48. The number of carbonyl (C=O) groups is 1. The van der Waals surface area contributed by atoms with E-state index in [1.807, 2.05) is 0 Å². The van der Waals surface area contributed by atoms with Gasteiger partial charge < -0.3 is 5.11 Å². The zero-order valence-electron chi connectivity index (χ0n) is 9.90. The molecule has 4 heteroatoms. The maximum absolute atomic E-state index is 11.5. The summed E-state index contributed by atoms with van der Waals surface area (Å²) in [5, 5.41) is 9.30. The fourth-order valence-electron chi connectivity index (χ4n) is 0.993. The molecule has 0 amide bonds. The van der Waals surface area contributed by atoms with Crippen molar-refractivity contribution < 1.29 is 19.7 Å². The van der Waals surface area contributed by atoms with Crippen LogP contribution in [-0.4, -0.2) is 16.7 Å². The van der Waals surface area contributed by atoms with Crippen LogP contribution in [0.25, 0.3) is 0 Å². The number of rotatable bonds is 2. The first kappa shape index (κ1) is 12.5. The summed E-state index contributed by atoms with van der Waals surface area (Å²) in [4.78, 5) is 21.1. The fourth-order valence-corrected chi connectivity index (χ4v) is 0.993. The first-order valence-corrected chi connectivity index (χ1v) is 4.99. The molecule has 0 aliphatic heterocycles. The van der Waals surface area contributed by atoms with Gasteiger partial charge in [0.15, 0.2) is 0 Å². The first-order valence-electron chi connectivity index (χ1n) is 4.99. The van der Waals surface area contributed by atoms with E-state index in [0.717, 1.165) is 0 Å². The van der Waals surface area contributed by atoms with E-state index < -0.39 is 11.6 Å². The van der Waals surface area contributed by atoms with Crippen molar-refractivity contribution in [1.82, 2.24) is 0 Å². The highest BCUT2D eigenvalue weighted by Crippen LogP contribution is 2.18. The highest BCUT2D eigenvalue weighted by atomic mass is 17.2. The van der Waals surface area contributed by atoms with Crippen LogP contribution in [0, 0.1) is 6.92 Å². The second-order valence-electron chi connectivity index (χ2n) is 4.57. The number of benzene rings is 1. The molecule has 0 saturated carbocycles. The number of aryl methyl sites for hydroxylation is 1. The normalized spacial score (nSPS) is 11.2. The minimum atomic E-state index is -0.571. The molecule has 1 aromatic rings.